The van der Waals surface area contributed by atoms with E-state index in [4.69, 9.17) is 5.73 Å². The van der Waals surface area contributed by atoms with Crippen molar-refractivity contribution in [3.63, 3.8) is 0 Å². The molecule has 0 spiro atoms. The molecule has 1 aliphatic rings. The number of aromatic nitrogens is 1. The molecule has 4 rings (SSSR count). The summed E-state index contributed by atoms with van der Waals surface area (Å²) in [5.41, 5.74) is 10.9. The Hall–Kier alpha value is -2.80. The van der Waals surface area contributed by atoms with Gasteiger partial charge in [0.25, 0.3) is 0 Å². The van der Waals surface area contributed by atoms with Crippen molar-refractivity contribution in [2.75, 3.05) is 35.8 Å². The van der Waals surface area contributed by atoms with E-state index in [0.717, 1.165) is 27.8 Å². The fourth-order valence-corrected chi connectivity index (χ4v) is 4.91. The number of sulfone groups is 1. The third-order valence-electron chi connectivity index (χ3n) is 4.74. The van der Waals surface area contributed by atoms with Crippen LogP contribution in [-0.4, -0.2) is 33.2 Å². The Morgan fingerprint density at radius 2 is 1.85 bits per heavy atom. The molecule has 134 valence electrons. The van der Waals surface area contributed by atoms with E-state index in [-0.39, 0.29) is 5.75 Å². The van der Waals surface area contributed by atoms with E-state index in [1.54, 1.807) is 18.3 Å². The minimum absolute atomic E-state index is 0.132. The van der Waals surface area contributed by atoms with Crippen LogP contribution >= 0.6 is 0 Å². The van der Waals surface area contributed by atoms with Gasteiger partial charge in [0.1, 0.15) is 0 Å². The summed E-state index contributed by atoms with van der Waals surface area (Å²) in [6.45, 7) is 0. The number of aryl methyl sites for hydroxylation is 1. The molecule has 0 fully saturated rings. The predicted molar refractivity (Wildman–Crippen MR) is 106 cm³/mol. The highest BCUT2D eigenvalue weighted by molar-refractivity contribution is 7.91. The first kappa shape index (κ1) is 16.7. The van der Waals surface area contributed by atoms with Crippen LogP contribution in [0, 0.1) is 0 Å². The third-order valence-corrected chi connectivity index (χ3v) is 6.53. The quantitative estimate of drug-likeness (QED) is 0.739. The standard InChI is InChI=1S/C19H20N4O2S/c1-23(2)13-5-3-12(4-6-13)22-19-15(20)11-21-16-7-8-17-14(18(16)19)9-10-26(17,24)25/h3-8,11H,9-10,20H2,1-2H3,(H,21,22). The summed E-state index contributed by atoms with van der Waals surface area (Å²) >= 11 is 0. The van der Waals surface area contributed by atoms with E-state index >= 15 is 0 Å². The summed E-state index contributed by atoms with van der Waals surface area (Å²) in [5.74, 6) is 0.132. The van der Waals surface area contributed by atoms with Crippen LogP contribution in [0.5, 0.6) is 0 Å². The second-order valence-corrected chi connectivity index (χ2v) is 8.74. The smallest absolute Gasteiger partial charge is 0.179 e. The molecule has 3 N–H and O–H groups in total. The molecule has 1 aliphatic heterocycles. The van der Waals surface area contributed by atoms with Crippen molar-refractivity contribution in [3.05, 3.63) is 48.2 Å². The number of hydrogen-bond donors (Lipinski definition) is 2. The van der Waals surface area contributed by atoms with Crippen LogP contribution in [0.25, 0.3) is 10.9 Å². The van der Waals surface area contributed by atoms with Gasteiger partial charge >= 0.3 is 0 Å². The van der Waals surface area contributed by atoms with Crippen molar-refractivity contribution in [2.45, 2.75) is 11.3 Å². The largest absolute Gasteiger partial charge is 0.396 e. The van der Waals surface area contributed by atoms with Gasteiger partial charge in [0.15, 0.2) is 9.84 Å². The molecule has 0 saturated heterocycles. The Kier molecular flexibility index (Phi) is 3.77. The molecule has 7 heteroatoms. The van der Waals surface area contributed by atoms with Crippen LogP contribution in [0.15, 0.2) is 47.5 Å². The van der Waals surface area contributed by atoms with Crippen LogP contribution < -0.4 is 16.0 Å². The maximum atomic E-state index is 12.3. The molecule has 0 radical (unpaired) electrons. The Morgan fingerprint density at radius 3 is 2.54 bits per heavy atom. The topological polar surface area (TPSA) is 88.3 Å². The van der Waals surface area contributed by atoms with Crippen molar-refractivity contribution < 1.29 is 8.42 Å². The summed E-state index contributed by atoms with van der Waals surface area (Å²) in [7, 11) is 0.757. The Balaban J connectivity index is 1.87. The van der Waals surface area contributed by atoms with E-state index in [0.29, 0.717) is 22.7 Å². The minimum atomic E-state index is -3.22. The number of hydrogen-bond acceptors (Lipinski definition) is 6. The highest BCUT2D eigenvalue weighted by Gasteiger charge is 2.29. The molecule has 26 heavy (non-hydrogen) atoms. The van der Waals surface area contributed by atoms with Crippen LogP contribution in [0.1, 0.15) is 5.56 Å². The molecule has 0 saturated carbocycles. The van der Waals surface area contributed by atoms with Crippen LogP contribution in [-0.2, 0) is 16.3 Å². The first-order chi connectivity index (χ1) is 12.4. The summed E-state index contributed by atoms with van der Waals surface area (Å²) < 4.78 is 24.6. The maximum Gasteiger partial charge on any atom is 0.179 e. The lowest BCUT2D eigenvalue weighted by Gasteiger charge is -2.16. The highest BCUT2D eigenvalue weighted by Crippen LogP contribution is 2.39. The summed E-state index contributed by atoms with van der Waals surface area (Å²) in [5, 5.41) is 4.15. The Bertz CT molecular complexity index is 1110. The molecule has 0 bridgehead atoms. The Labute approximate surface area is 152 Å². The fourth-order valence-electron chi connectivity index (χ4n) is 3.36. The van der Waals surface area contributed by atoms with E-state index < -0.39 is 9.84 Å². The second-order valence-electron chi connectivity index (χ2n) is 6.66. The number of rotatable bonds is 3. The monoisotopic (exact) mass is 368 g/mol. The van der Waals surface area contributed by atoms with Crippen molar-refractivity contribution in [1.29, 1.82) is 0 Å². The van der Waals surface area contributed by atoms with Gasteiger partial charge in [0.2, 0.25) is 0 Å². The predicted octanol–water partition coefficient (Wildman–Crippen LogP) is 2.96. The van der Waals surface area contributed by atoms with Crippen LogP contribution in [0.2, 0.25) is 0 Å². The normalized spacial score (nSPS) is 15.0. The first-order valence-electron chi connectivity index (χ1n) is 8.34. The van der Waals surface area contributed by atoms with Gasteiger partial charge in [-0.15, -0.1) is 0 Å². The minimum Gasteiger partial charge on any atom is -0.396 e. The van der Waals surface area contributed by atoms with Crippen LogP contribution in [0.3, 0.4) is 0 Å². The lowest BCUT2D eigenvalue weighted by molar-refractivity contribution is 0.600. The van der Waals surface area contributed by atoms with Crippen molar-refractivity contribution in [2.24, 2.45) is 0 Å². The van der Waals surface area contributed by atoms with Crippen molar-refractivity contribution >= 4 is 43.5 Å². The highest BCUT2D eigenvalue weighted by atomic mass is 32.2. The first-order valence-corrected chi connectivity index (χ1v) is 9.99. The van der Waals surface area contributed by atoms with E-state index in [1.807, 2.05) is 43.3 Å². The molecule has 1 aromatic heterocycles. The van der Waals surface area contributed by atoms with Gasteiger partial charge in [-0.3, -0.25) is 4.98 Å². The molecule has 0 unspecified atom stereocenters. The van der Waals surface area contributed by atoms with Gasteiger partial charge in [-0.2, -0.15) is 0 Å². The van der Waals surface area contributed by atoms with Gasteiger partial charge in [-0.1, -0.05) is 0 Å². The van der Waals surface area contributed by atoms with Gasteiger partial charge < -0.3 is 16.0 Å². The molecule has 2 aromatic carbocycles. The molecular weight excluding hydrogens is 348 g/mol. The van der Waals surface area contributed by atoms with Gasteiger partial charge in [0.05, 0.1) is 33.7 Å². The average Bonchev–Trinajstić information content (AvgIpc) is 2.93. The molecule has 0 amide bonds. The van der Waals surface area contributed by atoms with E-state index in [2.05, 4.69) is 10.3 Å². The van der Waals surface area contributed by atoms with Gasteiger partial charge in [-0.05, 0) is 48.4 Å². The molecule has 6 nitrogen and oxygen atoms in total. The molecule has 0 aliphatic carbocycles. The number of nitrogens with zero attached hydrogens (tertiary/aromatic N) is 2. The van der Waals surface area contributed by atoms with E-state index in [1.165, 1.54) is 0 Å². The zero-order valence-electron chi connectivity index (χ0n) is 14.7. The zero-order chi connectivity index (χ0) is 18.5. The number of pyridine rings is 1. The second kappa shape index (κ2) is 5.88. The van der Waals surface area contributed by atoms with Crippen LogP contribution in [0.4, 0.5) is 22.7 Å². The fraction of sp³-hybridized carbons (Fsp3) is 0.211. The molecular formula is C19H20N4O2S. The van der Waals surface area contributed by atoms with Crippen molar-refractivity contribution in [3.8, 4) is 0 Å². The Morgan fingerprint density at radius 1 is 1.12 bits per heavy atom. The lowest BCUT2D eigenvalue weighted by Crippen LogP contribution is -2.08. The lowest BCUT2D eigenvalue weighted by atomic mass is 10.0. The van der Waals surface area contributed by atoms with Gasteiger partial charge in [0, 0.05) is 30.9 Å². The summed E-state index contributed by atoms with van der Waals surface area (Å²) in [6, 6.07) is 11.4. The van der Waals surface area contributed by atoms with Crippen molar-refractivity contribution in [1.82, 2.24) is 4.98 Å². The number of nitrogens with one attached hydrogen (secondary N) is 1. The average molecular weight is 368 g/mol. The summed E-state index contributed by atoms with van der Waals surface area (Å²) in [4.78, 5) is 6.80. The molecule has 0 atom stereocenters. The zero-order valence-corrected chi connectivity index (χ0v) is 15.5. The summed E-state index contributed by atoms with van der Waals surface area (Å²) in [6.07, 6.45) is 2.09. The number of nitrogen functional groups attached to an aromatic ring is 1. The number of benzene rings is 2. The molecule has 2 heterocycles. The number of fused-ring (bicyclic) bond motifs is 3. The number of anilines is 4. The molecule has 3 aromatic rings. The van der Waals surface area contributed by atoms with Gasteiger partial charge in [-0.25, -0.2) is 8.42 Å². The number of nitrogens with two attached hydrogens (primary N) is 1. The SMILES string of the molecule is CN(C)c1ccc(Nc2c(N)cnc3ccc4c(c23)CCS4(=O)=O)cc1. The third kappa shape index (κ3) is 2.64. The maximum absolute atomic E-state index is 12.3. The van der Waals surface area contributed by atoms with E-state index in [9.17, 15) is 8.42 Å².